The molecular weight excluding hydrogens is 232 g/mol. The highest BCUT2D eigenvalue weighted by molar-refractivity contribution is 5.16. The Morgan fingerprint density at radius 2 is 1.95 bits per heavy atom. The summed E-state index contributed by atoms with van der Waals surface area (Å²) in [6.45, 7) is 6.01. The van der Waals surface area contributed by atoms with Crippen LogP contribution in [0, 0.1) is 0 Å². The summed E-state index contributed by atoms with van der Waals surface area (Å²) in [6.07, 6.45) is 6.75. The summed E-state index contributed by atoms with van der Waals surface area (Å²) in [6, 6.07) is 11.6. The highest BCUT2D eigenvalue weighted by Crippen LogP contribution is 2.32. The quantitative estimate of drug-likeness (QED) is 0.897. The van der Waals surface area contributed by atoms with Crippen LogP contribution in [0.2, 0.25) is 0 Å². The van der Waals surface area contributed by atoms with Gasteiger partial charge in [0.15, 0.2) is 0 Å². The van der Waals surface area contributed by atoms with Crippen molar-refractivity contribution in [2.45, 2.75) is 50.6 Å². The molecule has 1 saturated heterocycles. The first kappa shape index (κ1) is 13.1. The minimum absolute atomic E-state index is 0.448. The van der Waals surface area contributed by atoms with Crippen LogP contribution in [0.15, 0.2) is 30.3 Å². The normalized spacial score (nSPS) is 24.7. The summed E-state index contributed by atoms with van der Waals surface area (Å²) >= 11 is 0. The van der Waals surface area contributed by atoms with Gasteiger partial charge >= 0.3 is 0 Å². The number of nitrogens with zero attached hydrogens (tertiary/aromatic N) is 1. The van der Waals surface area contributed by atoms with Crippen LogP contribution in [-0.2, 0) is 6.42 Å². The zero-order valence-corrected chi connectivity index (χ0v) is 12.1. The van der Waals surface area contributed by atoms with Crippen molar-refractivity contribution in [1.82, 2.24) is 10.2 Å². The van der Waals surface area contributed by atoms with Crippen LogP contribution in [0.5, 0.6) is 0 Å². The predicted octanol–water partition coefficient (Wildman–Crippen LogP) is 2.84. The highest BCUT2D eigenvalue weighted by Gasteiger charge is 2.38. The lowest BCUT2D eigenvalue weighted by atomic mass is 9.93. The highest BCUT2D eigenvalue weighted by atomic mass is 15.2. The molecule has 1 heterocycles. The van der Waals surface area contributed by atoms with E-state index in [0.29, 0.717) is 11.6 Å². The number of hydrogen-bond acceptors (Lipinski definition) is 2. The Morgan fingerprint density at radius 3 is 2.68 bits per heavy atom. The van der Waals surface area contributed by atoms with Gasteiger partial charge < -0.3 is 5.32 Å². The summed E-state index contributed by atoms with van der Waals surface area (Å²) in [4.78, 5) is 2.70. The van der Waals surface area contributed by atoms with Crippen molar-refractivity contribution < 1.29 is 0 Å². The summed E-state index contributed by atoms with van der Waals surface area (Å²) in [5.41, 5.74) is 1.91. The van der Waals surface area contributed by atoms with E-state index in [1.54, 1.807) is 0 Å². The molecule has 0 bridgehead atoms. The first-order valence-corrected chi connectivity index (χ1v) is 7.80. The maximum absolute atomic E-state index is 3.80. The molecule has 104 valence electrons. The molecule has 1 unspecified atom stereocenters. The van der Waals surface area contributed by atoms with E-state index in [4.69, 9.17) is 0 Å². The van der Waals surface area contributed by atoms with Crippen molar-refractivity contribution >= 4 is 0 Å². The maximum Gasteiger partial charge on any atom is 0.0309 e. The average molecular weight is 258 g/mol. The molecule has 1 aliphatic heterocycles. The van der Waals surface area contributed by atoms with E-state index >= 15 is 0 Å². The molecule has 0 amide bonds. The Hall–Kier alpha value is -0.860. The van der Waals surface area contributed by atoms with Gasteiger partial charge in [-0.15, -0.1) is 0 Å². The third-order valence-electron chi connectivity index (χ3n) is 4.96. The molecule has 1 spiro atoms. The topological polar surface area (TPSA) is 15.3 Å². The van der Waals surface area contributed by atoms with Gasteiger partial charge in [-0.2, -0.15) is 0 Å². The van der Waals surface area contributed by atoms with Gasteiger partial charge in [-0.05, 0) is 31.7 Å². The molecule has 1 atom stereocenters. The molecule has 2 nitrogen and oxygen atoms in total. The molecule has 2 fully saturated rings. The molecule has 1 aliphatic carbocycles. The third-order valence-corrected chi connectivity index (χ3v) is 4.96. The molecule has 19 heavy (non-hydrogen) atoms. The van der Waals surface area contributed by atoms with Gasteiger partial charge in [0.25, 0.3) is 0 Å². The maximum atomic E-state index is 3.80. The summed E-state index contributed by atoms with van der Waals surface area (Å²) in [5, 5.41) is 3.80. The molecule has 3 rings (SSSR count). The molecule has 0 radical (unpaired) electrons. The van der Waals surface area contributed by atoms with Crippen LogP contribution < -0.4 is 5.32 Å². The van der Waals surface area contributed by atoms with E-state index in [-0.39, 0.29) is 0 Å². The summed E-state index contributed by atoms with van der Waals surface area (Å²) in [7, 11) is 0. The van der Waals surface area contributed by atoms with Crippen LogP contribution in [0.25, 0.3) is 0 Å². The number of benzene rings is 1. The number of rotatable bonds is 3. The Kier molecular flexibility index (Phi) is 3.90. The van der Waals surface area contributed by atoms with E-state index in [1.807, 2.05) is 0 Å². The monoisotopic (exact) mass is 258 g/mol. The summed E-state index contributed by atoms with van der Waals surface area (Å²) in [5.74, 6) is 0. The number of hydrogen-bond donors (Lipinski definition) is 1. The molecule has 1 N–H and O–H groups in total. The third kappa shape index (κ3) is 3.01. The van der Waals surface area contributed by atoms with Gasteiger partial charge in [-0.1, -0.05) is 43.2 Å². The van der Waals surface area contributed by atoms with Gasteiger partial charge in [0.05, 0.1) is 0 Å². The van der Waals surface area contributed by atoms with E-state index in [2.05, 4.69) is 47.5 Å². The van der Waals surface area contributed by atoms with Crippen LogP contribution in [-0.4, -0.2) is 36.1 Å². The standard InChI is InChI=1S/C17H26N2/c1-15(13-16-7-3-2-4-8-16)19-12-11-18-17(14-19)9-5-6-10-17/h2-4,7-8,15,18H,5-6,9-14H2,1H3. The average Bonchev–Trinajstić information content (AvgIpc) is 2.88. The lowest BCUT2D eigenvalue weighted by Gasteiger charge is -2.44. The van der Waals surface area contributed by atoms with Crippen molar-refractivity contribution in [3.05, 3.63) is 35.9 Å². The van der Waals surface area contributed by atoms with Crippen LogP contribution in [0.1, 0.15) is 38.2 Å². The van der Waals surface area contributed by atoms with E-state index < -0.39 is 0 Å². The molecule has 1 aromatic rings. The predicted molar refractivity (Wildman–Crippen MR) is 80.4 cm³/mol. The largest absolute Gasteiger partial charge is 0.309 e. The fraction of sp³-hybridized carbons (Fsp3) is 0.647. The molecule has 2 aliphatic rings. The second-order valence-corrected chi connectivity index (χ2v) is 6.42. The lowest BCUT2D eigenvalue weighted by molar-refractivity contribution is 0.100. The Balaban J connectivity index is 1.61. The van der Waals surface area contributed by atoms with E-state index in [9.17, 15) is 0 Å². The van der Waals surface area contributed by atoms with E-state index in [1.165, 1.54) is 57.3 Å². The number of piperazine rings is 1. The molecule has 0 aromatic heterocycles. The van der Waals surface area contributed by atoms with Gasteiger partial charge in [-0.25, -0.2) is 0 Å². The Bertz CT molecular complexity index is 395. The van der Waals surface area contributed by atoms with Gasteiger partial charge in [0.2, 0.25) is 0 Å². The zero-order valence-electron chi connectivity index (χ0n) is 12.1. The lowest BCUT2D eigenvalue weighted by Crippen LogP contribution is -2.60. The van der Waals surface area contributed by atoms with Crippen LogP contribution in [0.3, 0.4) is 0 Å². The van der Waals surface area contributed by atoms with Crippen molar-refractivity contribution in [3.63, 3.8) is 0 Å². The first-order chi connectivity index (χ1) is 9.27. The summed E-state index contributed by atoms with van der Waals surface area (Å²) < 4.78 is 0. The van der Waals surface area contributed by atoms with Crippen molar-refractivity contribution in [2.75, 3.05) is 19.6 Å². The Labute approximate surface area is 117 Å². The van der Waals surface area contributed by atoms with Gasteiger partial charge in [0.1, 0.15) is 0 Å². The first-order valence-electron chi connectivity index (χ1n) is 7.80. The van der Waals surface area contributed by atoms with Crippen molar-refractivity contribution in [2.24, 2.45) is 0 Å². The van der Waals surface area contributed by atoms with Crippen molar-refractivity contribution in [3.8, 4) is 0 Å². The smallest absolute Gasteiger partial charge is 0.0309 e. The van der Waals surface area contributed by atoms with Gasteiger partial charge in [-0.3, -0.25) is 4.90 Å². The Morgan fingerprint density at radius 1 is 1.21 bits per heavy atom. The fourth-order valence-electron chi connectivity index (χ4n) is 3.84. The number of nitrogens with one attached hydrogen (secondary N) is 1. The minimum atomic E-state index is 0.448. The molecular formula is C17H26N2. The molecule has 2 heteroatoms. The SMILES string of the molecule is CC(Cc1ccccc1)N1CCNC2(CCCC2)C1. The zero-order chi connectivity index (χ0) is 13.1. The minimum Gasteiger partial charge on any atom is -0.309 e. The second-order valence-electron chi connectivity index (χ2n) is 6.42. The van der Waals surface area contributed by atoms with Crippen molar-refractivity contribution in [1.29, 1.82) is 0 Å². The molecule has 1 saturated carbocycles. The fourth-order valence-corrected chi connectivity index (χ4v) is 3.84. The second kappa shape index (κ2) is 5.64. The van der Waals surface area contributed by atoms with Gasteiger partial charge in [0, 0.05) is 31.2 Å². The van der Waals surface area contributed by atoms with Crippen LogP contribution in [0.4, 0.5) is 0 Å². The molecule has 1 aromatic carbocycles. The van der Waals surface area contributed by atoms with E-state index in [0.717, 1.165) is 0 Å². The van der Waals surface area contributed by atoms with Crippen LogP contribution >= 0.6 is 0 Å².